The lowest BCUT2D eigenvalue weighted by Crippen LogP contribution is -2.42. The molecule has 0 radical (unpaired) electrons. The number of rotatable bonds is 5. The van der Waals surface area contributed by atoms with Gasteiger partial charge in [-0.25, -0.2) is 0 Å². The zero-order valence-corrected chi connectivity index (χ0v) is 10.9. The van der Waals surface area contributed by atoms with Crippen molar-refractivity contribution in [3.8, 4) is 0 Å². The summed E-state index contributed by atoms with van der Waals surface area (Å²) in [6.07, 6.45) is 1.80. The van der Waals surface area contributed by atoms with Crippen molar-refractivity contribution in [1.29, 1.82) is 0 Å². The number of carbonyl (C=O) groups is 1. The highest BCUT2D eigenvalue weighted by Gasteiger charge is 2.33. The number of nitrogens with zero attached hydrogens (tertiary/aromatic N) is 2. The van der Waals surface area contributed by atoms with Crippen LogP contribution in [0.2, 0.25) is 0 Å². The van der Waals surface area contributed by atoms with E-state index >= 15 is 0 Å². The summed E-state index contributed by atoms with van der Waals surface area (Å²) in [5.41, 5.74) is 6.70. The van der Waals surface area contributed by atoms with Crippen LogP contribution in [0.15, 0.2) is 30.3 Å². The molecule has 0 bridgehead atoms. The van der Waals surface area contributed by atoms with Crippen LogP contribution in [-0.2, 0) is 4.79 Å². The first-order valence-electron chi connectivity index (χ1n) is 6.51. The van der Waals surface area contributed by atoms with E-state index in [4.69, 9.17) is 5.73 Å². The minimum atomic E-state index is -0.0241. The van der Waals surface area contributed by atoms with Gasteiger partial charge in [0, 0.05) is 25.8 Å². The Balaban J connectivity index is 2.18. The number of para-hydroxylation sites is 1. The van der Waals surface area contributed by atoms with Crippen molar-refractivity contribution in [2.45, 2.75) is 18.9 Å². The molecule has 2 N–H and O–H groups in total. The first kappa shape index (κ1) is 12.9. The van der Waals surface area contributed by atoms with Crippen molar-refractivity contribution in [3.63, 3.8) is 0 Å². The van der Waals surface area contributed by atoms with E-state index < -0.39 is 0 Å². The zero-order valence-electron chi connectivity index (χ0n) is 10.9. The maximum atomic E-state index is 12.1. The Morgan fingerprint density at radius 1 is 1.39 bits per heavy atom. The molecule has 0 aromatic heterocycles. The zero-order chi connectivity index (χ0) is 13.0. The highest BCUT2D eigenvalue weighted by Crippen LogP contribution is 2.23. The number of amides is 1. The van der Waals surface area contributed by atoms with Crippen LogP contribution in [-0.4, -0.2) is 43.5 Å². The second-order valence-corrected chi connectivity index (χ2v) is 4.74. The third kappa shape index (κ3) is 2.64. The van der Waals surface area contributed by atoms with Gasteiger partial charge in [0.2, 0.25) is 5.91 Å². The molecule has 2 rings (SSSR count). The van der Waals surface area contributed by atoms with Gasteiger partial charge in [-0.3, -0.25) is 4.79 Å². The van der Waals surface area contributed by atoms with E-state index in [0.29, 0.717) is 6.54 Å². The molecule has 1 aromatic carbocycles. The van der Waals surface area contributed by atoms with Crippen molar-refractivity contribution < 1.29 is 4.79 Å². The van der Waals surface area contributed by atoms with Gasteiger partial charge in [0.1, 0.15) is 6.04 Å². The van der Waals surface area contributed by atoms with Gasteiger partial charge in [0.05, 0.1) is 0 Å². The SMILES string of the molecule is CN1CCC(N(CCCN)c2ccccc2)C1=O. The fraction of sp³-hybridized carbons (Fsp3) is 0.500. The van der Waals surface area contributed by atoms with Crippen LogP contribution in [0.25, 0.3) is 0 Å². The van der Waals surface area contributed by atoms with Gasteiger partial charge in [0.25, 0.3) is 0 Å². The summed E-state index contributed by atoms with van der Waals surface area (Å²) in [5.74, 6) is 0.218. The lowest BCUT2D eigenvalue weighted by molar-refractivity contribution is -0.127. The van der Waals surface area contributed by atoms with E-state index in [1.807, 2.05) is 30.1 Å². The minimum absolute atomic E-state index is 0.0241. The maximum Gasteiger partial charge on any atom is 0.245 e. The number of anilines is 1. The van der Waals surface area contributed by atoms with Gasteiger partial charge in [0.15, 0.2) is 0 Å². The third-order valence-corrected chi connectivity index (χ3v) is 3.47. The molecule has 4 nitrogen and oxygen atoms in total. The molecule has 1 heterocycles. The van der Waals surface area contributed by atoms with Gasteiger partial charge in [-0.2, -0.15) is 0 Å². The van der Waals surface area contributed by atoms with Crippen molar-refractivity contribution in [1.82, 2.24) is 4.90 Å². The van der Waals surface area contributed by atoms with E-state index in [1.165, 1.54) is 0 Å². The van der Waals surface area contributed by atoms with Crippen LogP contribution in [0.1, 0.15) is 12.8 Å². The second-order valence-electron chi connectivity index (χ2n) is 4.74. The molecule has 1 aliphatic rings. The smallest absolute Gasteiger partial charge is 0.245 e. The quantitative estimate of drug-likeness (QED) is 0.847. The second kappa shape index (κ2) is 5.87. The summed E-state index contributed by atoms with van der Waals surface area (Å²) < 4.78 is 0. The number of likely N-dealkylation sites (N-methyl/N-ethyl adjacent to an activating group) is 1. The molecule has 98 valence electrons. The minimum Gasteiger partial charge on any atom is -0.359 e. The predicted molar refractivity (Wildman–Crippen MR) is 73.5 cm³/mol. The Bertz CT molecular complexity index is 393. The number of nitrogens with two attached hydrogens (primary N) is 1. The van der Waals surface area contributed by atoms with Crippen LogP contribution >= 0.6 is 0 Å². The van der Waals surface area contributed by atoms with Gasteiger partial charge >= 0.3 is 0 Å². The standard InChI is InChI=1S/C14H21N3O/c1-16-11-8-13(14(16)18)17(10-5-9-15)12-6-3-2-4-7-12/h2-4,6-7,13H,5,8-11,15H2,1H3. The molecule has 1 saturated heterocycles. The highest BCUT2D eigenvalue weighted by atomic mass is 16.2. The monoisotopic (exact) mass is 247 g/mol. The van der Waals surface area contributed by atoms with Crippen LogP contribution in [0.3, 0.4) is 0 Å². The van der Waals surface area contributed by atoms with Gasteiger partial charge in [-0.05, 0) is 31.5 Å². The van der Waals surface area contributed by atoms with E-state index in [1.54, 1.807) is 0 Å². The van der Waals surface area contributed by atoms with Crippen LogP contribution < -0.4 is 10.6 Å². The molecule has 0 aliphatic carbocycles. The summed E-state index contributed by atoms with van der Waals surface area (Å²) in [7, 11) is 1.87. The molecular weight excluding hydrogens is 226 g/mol. The van der Waals surface area contributed by atoms with Crippen molar-refractivity contribution in [2.24, 2.45) is 5.73 Å². The van der Waals surface area contributed by atoms with Crippen molar-refractivity contribution >= 4 is 11.6 Å². The maximum absolute atomic E-state index is 12.1. The Morgan fingerprint density at radius 2 is 2.11 bits per heavy atom. The number of carbonyl (C=O) groups excluding carboxylic acids is 1. The Morgan fingerprint density at radius 3 is 2.67 bits per heavy atom. The molecular formula is C14H21N3O. The molecule has 1 atom stereocenters. The molecule has 1 unspecified atom stereocenters. The van der Waals surface area contributed by atoms with Crippen molar-refractivity contribution in [2.75, 3.05) is 31.6 Å². The number of hydrogen-bond acceptors (Lipinski definition) is 3. The molecule has 1 amide bonds. The topological polar surface area (TPSA) is 49.6 Å². The molecule has 1 fully saturated rings. The Labute approximate surface area is 108 Å². The lowest BCUT2D eigenvalue weighted by Gasteiger charge is -2.29. The van der Waals surface area contributed by atoms with Crippen LogP contribution in [0.4, 0.5) is 5.69 Å². The molecule has 1 aliphatic heterocycles. The van der Waals surface area contributed by atoms with Crippen LogP contribution in [0.5, 0.6) is 0 Å². The largest absolute Gasteiger partial charge is 0.359 e. The molecule has 1 aromatic rings. The summed E-state index contributed by atoms with van der Waals surface area (Å²) in [6, 6.07) is 10.1. The Hall–Kier alpha value is -1.55. The number of likely N-dealkylation sites (tertiary alicyclic amines) is 1. The summed E-state index contributed by atoms with van der Waals surface area (Å²) in [6.45, 7) is 2.33. The van der Waals surface area contributed by atoms with Gasteiger partial charge in [-0.15, -0.1) is 0 Å². The van der Waals surface area contributed by atoms with Gasteiger partial charge in [-0.1, -0.05) is 18.2 Å². The predicted octanol–water partition coefficient (Wildman–Crippen LogP) is 1.07. The molecule has 4 heteroatoms. The van der Waals surface area contributed by atoms with E-state index in [9.17, 15) is 4.79 Å². The fourth-order valence-corrected chi connectivity index (χ4v) is 2.44. The molecule has 18 heavy (non-hydrogen) atoms. The van der Waals surface area contributed by atoms with E-state index in [0.717, 1.165) is 31.6 Å². The number of hydrogen-bond donors (Lipinski definition) is 1. The molecule has 0 spiro atoms. The average Bonchev–Trinajstić information content (AvgIpc) is 2.73. The van der Waals surface area contributed by atoms with Gasteiger partial charge < -0.3 is 15.5 Å². The summed E-state index contributed by atoms with van der Waals surface area (Å²) >= 11 is 0. The first-order valence-corrected chi connectivity index (χ1v) is 6.51. The summed E-state index contributed by atoms with van der Waals surface area (Å²) in [5, 5.41) is 0. The van der Waals surface area contributed by atoms with E-state index in [2.05, 4.69) is 17.0 Å². The van der Waals surface area contributed by atoms with Crippen LogP contribution in [0, 0.1) is 0 Å². The fourth-order valence-electron chi connectivity index (χ4n) is 2.44. The normalized spacial score (nSPS) is 19.3. The summed E-state index contributed by atoms with van der Waals surface area (Å²) in [4.78, 5) is 16.1. The highest BCUT2D eigenvalue weighted by molar-refractivity contribution is 5.87. The van der Waals surface area contributed by atoms with E-state index in [-0.39, 0.29) is 11.9 Å². The first-order chi connectivity index (χ1) is 8.74. The molecule has 0 saturated carbocycles. The Kier molecular flexibility index (Phi) is 4.20. The number of benzene rings is 1. The average molecular weight is 247 g/mol. The third-order valence-electron chi connectivity index (χ3n) is 3.47. The lowest BCUT2D eigenvalue weighted by atomic mass is 10.1. The van der Waals surface area contributed by atoms with Crippen molar-refractivity contribution in [3.05, 3.63) is 30.3 Å².